The smallest absolute Gasteiger partial charge is 0.347 e. The summed E-state index contributed by atoms with van der Waals surface area (Å²) in [6, 6.07) is 17.1. The number of methoxy groups -OCH3 is 1. The van der Waals surface area contributed by atoms with Gasteiger partial charge in [-0.15, -0.1) is 0 Å². The van der Waals surface area contributed by atoms with E-state index in [1.54, 1.807) is 33.2 Å². The molecule has 0 aliphatic carbocycles. The number of hydrogen-bond acceptors (Lipinski definition) is 8. The summed E-state index contributed by atoms with van der Waals surface area (Å²) >= 11 is 0. The highest BCUT2D eigenvalue weighted by atomic mass is 16.7. The number of oxime groups is 1. The Kier molecular flexibility index (Phi) is 7.35. The van der Waals surface area contributed by atoms with E-state index in [0.29, 0.717) is 23.8 Å². The number of hydrogen-bond donors (Lipinski definition) is 0. The molecule has 4 rings (SSSR count). The molecule has 9 heteroatoms. The minimum Gasteiger partial charge on any atom is -0.497 e. The van der Waals surface area contributed by atoms with Crippen LogP contribution in [0.4, 0.5) is 0 Å². The number of carbonyl (C=O) groups is 2. The largest absolute Gasteiger partial charge is 0.497 e. The summed E-state index contributed by atoms with van der Waals surface area (Å²) < 4.78 is 20.9. The first kappa shape index (κ1) is 23.9. The van der Waals surface area contributed by atoms with E-state index in [2.05, 4.69) is 5.16 Å². The second-order valence-electron chi connectivity index (χ2n) is 7.98. The molecule has 0 atom stereocenters. The minimum atomic E-state index is -0.686. The van der Waals surface area contributed by atoms with Crippen molar-refractivity contribution in [3.63, 3.8) is 0 Å². The standard InChI is InChI=1S/C26H26N2O7/c1-17(19-7-9-23-24(12-19)34-16-33-23)27-35-15-26(30)32-14-25(29)28(2)13-18-4-5-21-11-22(31-3)8-6-20(21)10-18/h4-12H,13-16H2,1-3H3/b27-17+. The van der Waals surface area contributed by atoms with Gasteiger partial charge in [-0.2, -0.15) is 0 Å². The lowest BCUT2D eigenvalue weighted by Crippen LogP contribution is -2.31. The molecule has 0 fully saturated rings. The van der Waals surface area contributed by atoms with Crippen LogP contribution in [0.15, 0.2) is 59.8 Å². The molecule has 1 aliphatic rings. The number of benzene rings is 3. The Morgan fingerprint density at radius 3 is 2.57 bits per heavy atom. The van der Waals surface area contributed by atoms with E-state index in [4.69, 9.17) is 23.8 Å². The fraction of sp³-hybridized carbons (Fsp3) is 0.269. The first-order valence-electron chi connectivity index (χ1n) is 11.0. The molecule has 0 saturated heterocycles. The lowest BCUT2D eigenvalue weighted by atomic mass is 10.1. The van der Waals surface area contributed by atoms with Crippen molar-refractivity contribution in [3.05, 3.63) is 65.7 Å². The molecule has 1 heterocycles. The summed E-state index contributed by atoms with van der Waals surface area (Å²) in [6.45, 7) is 1.52. The predicted molar refractivity (Wildman–Crippen MR) is 129 cm³/mol. The fourth-order valence-corrected chi connectivity index (χ4v) is 3.51. The van der Waals surface area contributed by atoms with Crippen molar-refractivity contribution in [1.29, 1.82) is 0 Å². The maximum absolute atomic E-state index is 12.4. The van der Waals surface area contributed by atoms with Gasteiger partial charge in [0, 0.05) is 19.2 Å². The molecule has 1 aliphatic heterocycles. The molecule has 35 heavy (non-hydrogen) atoms. The Morgan fingerprint density at radius 2 is 1.74 bits per heavy atom. The highest BCUT2D eigenvalue weighted by Gasteiger charge is 2.15. The number of nitrogens with zero attached hydrogens (tertiary/aromatic N) is 2. The third-order valence-electron chi connectivity index (χ3n) is 5.49. The Labute approximate surface area is 202 Å². The number of likely N-dealkylation sites (N-methyl/N-ethyl adjacent to an activating group) is 1. The van der Waals surface area contributed by atoms with Crippen LogP contribution in [0.1, 0.15) is 18.1 Å². The van der Waals surface area contributed by atoms with Crippen LogP contribution >= 0.6 is 0 Å². The van der Waals surface area contributed by atoms with Crippen LogP contribution in [0.3, 0.4) is 0 Å². The van der Waals surface area contributed by atoms with Gasteiger partial charge in [0.05, 0.1) is 12.8 Å². The van der Waals surface area contributed by atoms with Crippen molar-refractivity contribution < 1.29 is 33.4 Å². The molecule has 1 amide bonds. The highest BCUT2D eigenvalue weighted by molar-refractivity contribution is 5.99. The third kappa shape index (κ3) is 6.00. The topological polar surface area (TPSA) is 95.9 Å². The summed E-state index contributed by atoms with van der Waals surface area (Å²) in [5.41, 5.74) is 2.29. The number of carbonyl (C=O) groups excluding carboxylic acids is 2. The molecule has 0 unspecified atom stereocenters. The van der Waals surface area contributed by atoms with Crippen LogP contribution in [-0.4, -0.2) is 56.7 Å². The lowest BCUT2D eigenvalue weighted by molar-refractivity contribution is -0.155. The van der Waals surface area contributed by atoms with E-state index in [1.807, 2.05) is 42.5 Å². The minimum absolute atomic E-state index is 0.184. The van der Waals surface area contributed by atoms with Crippen LogP contribution in [0.25, 0.3) is 10.8 Å². The molecule has 0 saturated carbocycles. The van der Waals surface area contributed by atoms with E-state index in [9.17, 15) is 9.59 Å². The Balaban J connectivity index is 1.22. The van der Waals surface area contributed by atoms with Crippen LogP contribution < -0.4 is 14.2 Å². The molecule has 3 aromatic carbocycles. The van der Waals surface area contributed by atoms with Crippen molar-refractivity contribution >= 4 is 28.4 Å². The second kappa shape index (κ2) is 10.8. The van der Waals surface area contributed by atoms with E-state index < -0.39 is 12.6 Å². The van der Waals surface area contributed by atoms with Crippen LogP contribution in [0.5, 0.6) is 17.2 Å². The summed E-state index contributed by atoms with van der Waals surface area (Å²) in [6.07, 6.45) is 0. The number of esters is 1. The average Bonchev–Trinajstić information content (AvgIpc) is 3.34. The SMILES string of the molecule is COc1ccc2cc(CN(C)C(=O)COC(=O)CO/N=C(\C)c3ccc4c(c3)OCO4)ccc2c1. The third-order valence-corrected chi connectivity index (χ3v) is 5.49. The predicted octanol–water partition coefficient (Wildman–Crippen LogP) is 3.52. The maximum Gasteiger partial charge on any atom is 0.347 e. The Hall–Kier alpha value is -4.27. The zero-order chi connectivity index (χ0) is 24.8. The van der Waals surface area contributed by atoms with Gasteiger partial charge in [-0.25, -0.2) is 4.79 Å². The van der Waals surface area contributed by atoms with Crippen molar-refractivity contribution in [3.8, 4) is 17.2 Å². The van der Waals surface area contributed by atoms with Crippen molar-refractivity contribution in [1.82, 2.24) is 4.90 Å². The molecule has 0 bridgehead atoms. The van der Waals surface area contributed by atoms with E-state index >= 15 is 0 Å². The molecule has 182 valence electrons. The number of ether oxygens (including phenoxy) is 4. The molecule has 0 N–H and O–H groups in total. The van der Waals surface area contributed by atoms with Gasteiger partial charge in [-0.3, -0.25) is 4.79 Å². The Morgan fingerprint density at radius 1 is 0.971 bits per heavy atom. The summed E-state index contributed by atoms with van der Waals surface area (Å²) in [5, 5.41) is 6.02. The number of rotatable bonds is 9. The van der Waals surface area contributed by atoms with Gasteiger partial charge in [0.25, 0.3) is 5.91 Å². The van der Waals surface area contributed by atoms with E-state index in [1.165, 1.54) is 4.90 Å². The highest BCUT2D eigenvalue weighted by Crippen LogP contribution is 2.32. The molecule has 0 aromatic heterocycles. The lowest BCUT2D eigenvalue weighted by Gasteiger charge is -2.17. The van der Waals surface area contributed by atoms with Gasteiger partial charge < -0.3 is 28.7 Å². The zero-order valence-corrected chi connectivity index (χ0v) is 19.8. The molecule has 0 spiro atoms. The van der Waals surface area contributed by atoms with E-state index in [-0.39, 0.29) is 19.3 Å². The second-order valence-corrected chi connectivity index (χ2v) is 7.98. The van der Waals surface area contributed by atoms with Crippen LogP contribution in [-0.2, 0) is 25.7 Å². The fourth-order valence-electron chi connectivity index (χ4n) is 3.51. The molecule has 9 nitrogen and oxygen atoms in total. The van der Waals surface area contributed by atoms with Gasteiger partial charge in [0.15, 0.2) is 18.1 Å². The summed E-state index contributed by atoms with van der Waals surface area (Å²) in [5.74, 6) is 1.07. The number of fused-ring (bicyclic) bond motifs is 2. The normalized spacial score (nSPS) is 12.4. The van der Waals surface area contributed by atoms with Crippen molar-refractivity contribution in [2.75, 3.05) is 34.2 Å². The van der Waals surface area contributed by atoms with Gasteiger partial charge in [0.1, 0.15) is 5.75 Å². The molecular formula is C26H26N2O7. The van der Waals surface area contributed by atoms with Crippen LogP contribution in [0.2, 0.25) is 0 Å². The monoisotopic (exact) mass is 478 g/mol. The maximum atomic E-state index is 12.4. The zero-order valence-electron chi connectivity index (χ0n) is 19.8. The van der Waals surface area contributed by atoms with Gasteiger partial charge >= 0.3 is 5.97 Å². The first-order valence-corrected chi connectivity index (χ1v) is 11.0. The van der Waals surface area contributed by atoms with Gasteiger partial charge in [-0.05, 0) is 59.7 Å². The van der Waals surface area contributed by atoms with Gasteiger partial charge in [0.2, 0.25) is 13.4 Å². The van der Waals surface area contributed by atoms with Gasteiger partial charge in [-0.1, -0.05) is 23.4 Å². The van der Waals surface area contributed by atoms with E-state index in [0.717, 1.165) is 27.6 Å². The number of amides is 1. The quantitative estimate of drug-likeness (QED) is 0.264. The first-order chi connectivity index (χ1) is 16.9. The average molecular weight is 479 g/mol. The van der Waals surface area contributed by atoms with Crippen molar-refractivity contribution in [2.45, 2.75) is 13.5 Å². The van der Waals surface area contributed by atoms with Crippen molar-refractivity contribution in [2.24, 2.45) is 5.16 Å². The summed E-state index contributed by atoms with van der Waals surface area (Å²) in [4.78, 5) is 31.0. The Bertz CT molecular complexity index is 1270. The molecule has 3 aromatic rings. The van der Waals surface area contributed by atoms with Crippen LogP contribution in [0, 0.1) is 0 Å². The summed E-state index contributed by atoms with van der Waals surface area (Å²) in [7, 11) is 3.29. The molecule has 0 radical (unpaired) electrons. The molecular weight excluding hydrogens is 452 g/mol.